The Morgan fingerprint density at radius 2 is 1.57 bits per heavy atom. The third-order valence-electron chi connectivity index (χ3n) is 3.44. The Bertz CT molecular complexity index is 677. The first-order valence-corrected chi connectivity index (χ1v) is 7.47. The quantitative estimate of drug-likeness (QED) is 0.781. The van der Waals surface area contributed by atoms with E-state index in [2.05, 4.69) is 0 Å². The van der Waals surface area contributed by atoms with Gasteiger partial charge in [0.2, 0.25) is 0 Å². The lowest BCUT2D eigenvalue weighted by molar-refractivity contribution is 0.132. The van der Waals surface area contributed by atoms with Crippen LogP contribution in [0.5, 0.6) is 17.2 Å². The van der Waals surface area contributed by atoms with E-state index in [0.717, 1.165) is 16.7 Å². The highest BCUT2D eigenvalue weighted by Crippen LogP contribution is 2.28. The minimum absolute atomic E-state index is 0.252. The fraction of sp³-hybridized carbons (Fsp3) is 0.263. The van der Waals surface area contributed by atoms with Crippen LogP contribution in [0.1, 0.15) is 23.6 Å². The monoisotopic (exact) mass is 314 g/mol. The van der Waals surface area contributed by atoms with Crippen molar-refractivity contribution in [3.63, 3.8) is 0 Å². The van der Waals surface area contributed by atoms with E-state index in [1.807, 2.05) is 49.4 Å². The van der Waals surface area contributed by atoms with Crippen LogP contribution in [0, 0.1) is 0 Å². The average molecular weight is 314 g/mol. The highest BCUT2D eigenvalue weighted by atomic mass is 16.5. The maximum absolute atomic E-state index is 9.84. The molecule has 0 aliphatic carbocycles. The number of methoxy groups -OCH3 is 2. The van der Waals surface area contributed by atoms with Gasteiger partial charge < -0.3 is 19.3 Å². The molecule has 0 aliphatic rings. The second kappa shape index (κ2) is 8.25. The average Bonchev–Trinajstić information content (AvgIpc) is 2.59. The van der Waals surface area contributed by atoms with E-state index in [0.29, 0.717) is 24.7 Å². The Morgan fingerprint density at radius 1 is 0.913 bits per heavy atom. The summed E-state index contributed by atoms with van der Waals surface area (Å²) in [4.78, 5) is 0. The van der Waals surface area contributed by atoms with E-state index >= 15 is 0 Å². The van der Waals surface area contributed by atoms with Crippen LogP contribution in [-0.2, 0) is 11.3 Å². The molecule has 2 aromatic rings. The molecular formula is C19H22O4. The molecule has 0 saturated heterocycles. The first kappa shape index (κ1) is 16.9. The molecule has 0 bridgehead atoms. The largest absolute Gasteiger partial charge is 0.508 e. The molecule has 0 heterocycles. The smallest absolute Gasteiger partial charge is 0.161 e. The van der Waals surface area contributed by atoms with Gasteiger partial charge in [-0.3, -0.25) is 0 Å². The molecule has 0 amide bonds. The van der Waals surface area contributed by atoms with Crippen molar-refractivity contribution in [2.24, 2.45) is 0 Å². The Labute approximate surface area is 136 Å². The molecule has 122 valence electrons. The Hall–Kier alpha value is -2.46. The zero-order valence-corrected chi connectivity index (χ0v) is 13.7. The van der Waals surface area contributed by atoms with Gasteiger partial charge in [0.1, 0.15) is 5.75 Å². The lowest BCUT2D eigenvalue weighted by Gasteiger charge is -2.08. The summed E-state index contributed by atoms with van der Waals surface area (Å²) in [6.07, 6.45) is 3.97. The highest BCUT2D eigenvalue weighted by Gasteiger charge is 2.04. The Balaban J connectivity index is 2.19. The van der Waals surface area contributed by atoms with Crippen LogP contribution in [0.15, 0.2) is 36.4 Å². The fourth-order valence-electron chi connectivity index (χ4n) is 2.19. The van der Waals surface area contributed by atoms with Crippen molar-refractivity contribution < 1.29 is 19.3 Å². The Morgan fingerprint density at radius 3 is 2.22 bits per heavy atom. The molecule has 4 heteroatoms. The van der Waals surface area contributed by atoms with Gasteiger partial charge in [-0.2, -0.15) is 0 Å². The van der Waals surface area contributed by atoms with Gasteiger partial charge in [0.15, 0.2) is 11.5 Å². The van der Waals surface area contributed by atoms with Crippen molar-refractivity contribution in [2.45, 2.75) is 13.5 Å². The molecule has 0 radical (unpaired) electrons. The van der Waals surface area contributed by atoms with Crippen molar-refractivity contribution >= 4 is 12.2 Å². The number of rotatable bonds is 7. The van der Waals surface area contributed by atoms with Crippen LogP contribution < -0.4 is 9.47 Å². The molecule has 0 saturated carbocycles. The first-order valence-electron chi connectivity index (χ1n) is 7.47. The molecule has 0 aromatic heterocycles. The van der Waals surface area contributed by atoms with Crippen molar-refractivity contribution in [1.29, 1.82) is 0 Å². The van der Waals surface area contributed by atoms with Crippen LogP contribution in [0.2, 0.25) is 0 Å². The second-order valence-corrected chi connectivity index (χ2v) is 4.97. The maximum atomic E-state index is 9.84. The van der Waals surface area contributed by atoms with Crippen molar-refractivity contribution in [1.82, 2.24) is 0 Å². The van der Waals surface area contributed by atoms with Gasteiger partial charge in [0.05, 0.1) is 20.8 Å². The lowest BCUT2D eigenvalue weighted by atomic mass is 10.1. The molecule has 0 unspecified atom stereocenters. The SMILES string of the molecule is CCOCc1cc(C=Cc2ccc(OC)c(OC)c2)ccc1O. The predicted octanol–water partition coefficient (Wildman–Crippen LogP) is 4.12. The van der Waals surface area contributed by atoms with Gasteiger partial charge in [-0.25, -0.2) is 0 Å². The van der Waals surface area contributed by atoms with E-state index in [9.17, 15) is 5.11 Å². The molecule has 0 atom stereocenters. The van der Waals surface area contributed by atoms with E-state index in [1.54, 1.807) is 20.3 Å². The minimum atomic E-state index is 0.252. The van der Waals surface area contributed by atoms with Crippen LogP contribution in [0.4, 0.5) is 0 Å². The van der Waals surface area contributed by atoms with Gasteiger partial charge in [-0.15, -0.1) is 0 Å². The number of hydrogen-bond donors (Lipinski definition) is 1. The standard InChI is InChI=1S/C19H22O4/c1-4-23-13-16-11-14(7-9-17(16)20)5-6-15-8-10-18(21-2)19(12-15)22-3/h5-12,20H,4,13H2,1-3H3. The van der Waals surface area contributed by atoms with Crippen LogP contribution in [0.3, 0.4) is 0 Å². The molecule has 0 aliphatic heterocycles. The van der Waals surface area contributed by atoms with Gasteiger partial charge in [0.25, 0.3) is 0 Å². The third kappa shape index (κ3) is 4.50. The van der Waals surface area contributed by atoms with Gasteiger partial charge in [-0.1, -0.05) is 24.3 Å². The second-order valence-electron chi connectivity index (χ2n) is 4.97. The van der Waals surface area contributed by atoms with E-state index in [4.69, 9.17) is 14.2 Å². The summed E-state index contributed by atoms with van der Waals surface area (Å²) in [5, 5.41) is 9.84. The van der Waals surface area contributed by atoms with Crippen LogP contribution in [0.25, 0.3) is 12.2 Å². The van der Waals surface area contributed by atoms with Crippen LogP contribution in [-0.4, -0.2) is 25.9 Å². The molecule has 4 nitrogen and oxygen atoms in total. The molecule has 2 aromatic carbocycles. The number of phenolic OH excluding ortho intramolecular Hbond substituents is 1. The molecule has 1 N–H and O–H groups in total. The summed E-state index contributed by atoms with van der Waals surface area (Å²) in [6, 6.07) is 11.2. The summed E-state index contributed by atoms with van der Waals surface area (Å²) in [5.41, 5.74) is 2.77. The van der Waals surface area contributed by atoms with Crippen LogP contribution >= 0.6 is 0 Å². The van der Waals surface area contributed by atoms with Gasteiger partial charge in [-0.05, 0) is 42.3 Å². The summed E-state index contributed by atoms with van der Waals surface area (Å²) in [5.74, 6) is 1.65. The number of benzene rings is 2. The minimum Gasteiger partial charge on any atom is -0.508 e. The molecular weight excluding hydrogens is 292 g/mol. The van der Waals surface area contributed by atoms with Crippen molar-refractivity contribution in [3.8, 4) is 17.2 Å². The molecule has 0 spiro atoms. The van der Waals surface area contributed by atoms with E-state index in [-0.39, 0.29) is 5.75 Å². The molecule has 23 heavy (non-hydrogen) atoms. The maximum Gasteiger partial charge on any atom is 0.161 e. The zero-order chi connectivity index (χ0) is 16.7. The summed E-state index contributed by atoms with van der Waals surface area (Å²) in [7, 11) is 3.23. The number of phenols is 1. The summed E-state index contributed by atoms with van der Waals surface area (Å²) < 4.78 is 15.9. The van der Waals surface area contributed by atoms with Crippen molar-refractivity contribution in [2.75, 3.05) is 20.8 Å². The third-order valence-corrected chi connectivity index (χ3v) is 3.44. The van der Waals surface area contributed by atoms with E-state index < -0.39 is 0 Å². The zero-order valence-electron chi connectivity index (χ0n) is 13.7. The number of hydrogen-bond acceptors (Lipinski definition) is 4. The van der Waals surface area contributed by atoms with Crippen molar-refractivity contribution in [3.05, 3.63) is 53.1 Å². The van der Waals surface area contributed by atoms with Gasteiger partial charge >= 0.3 is 0 Å². The summed E-state index contributed by atoms with van der Waals surface area (Å²) >= 11 is 0. The Kier molecular flexibility index (Phi) is 6.06. The highest BCUT2D eigenvalue weighted by molar-refractivity contribution is 5.71. The fourth-order valence-corrected chi connectivity index (χ4v) is 2.19. The summed E-state index contributed by atoms with van der Waals surface area (Å²) in [6.45, 7) is 2.95. The number of aromatic hydroxyl groups is 1. The van der Waals surface area contributed by atoms with E-state index in [1.165, 1.54) is 0 Å². The lowest BCUT2D eigenvalue weighted by Crippen LogP contribution is -1.93. The topological polar surface area (TPSA) is 47.9 Å². The molecule has 2 rings (SSSR count). The predicted molar refractivity (Wildman–Crippen MR) is 91.9 cm³/mol. The number of ether oxygens (including phenoxy) is 3. The normalized spacial score (nSPS) is 10.9. The van der Waals surface area contributed by atoms with Gasteiger partial charge in [0, 0.05) is 12.2 Å². The first-order chi connectivity index (χ1) is 11.2. The molecule has 0 fully saturated rings.